The Hall–Kier alpha value is -2.33. The van der Waals surface area contributed by atoms with Crippen LogP contribution in [-0.2, 0) is 11.2 Å². The van der Waals surface area contributed by atoms with Crippen molar-refractivity contribution in [1.29, 1.82) is 0 Å². The lowest BCUT2D eigenvalue weighted by molar-refractivity contribution is -0.123. The molecule has 0 radical (unpaired) electrons. The van der Waals surface area contributed by atoms with Crippen LogP contribution < -0.4 is 10.1 Å². The van der Waals surface area contributed by atoms with Gasteiger partial charge in [0.15, 0.2) is 12.4 Å². The standard InChI is InChI=1S/C18H18ClNO3/c1-13(21)15-5-7-17(8-6-15)23-12-18(22)20-10-9-14-3-2-4-16(19)11-14/h2-8,11H,9-10,12H2,1H3,(H,20,22). The van der Waals surface area contributed by atoms with E-state index in [1.54, 1.807) is 24.3 Å². The van der Waals surface area contributed by atoms with Gasteiger partial charge >= 0.3 is 0 Å². The normalized spacial score (nSPS) is 10.2. The third-order valence-electron chi connectivity index (χ3n) is 3.26. The van der Waals surface area contributed by atoms with Gasteiger partial charge in [-0.05, 0) is 55.3 Å². The van der Waals surface area contributed by atoms with Crippen molar-refractivity contribution in [2.45, 2.75) is 13.3 Å². The van der Waals surface area contributed by atoms with Crippen LogP contribution in [0.15, 0.2) is 48.5 Å². The summed E-state index contributed by atoms with van der Waals surface area (Å²) >= 11 is 5.91. The van der Waals surface area contributed by atoms with Crippen LogP contribution in [0.1, 0.15) is 22.8 Å². The Kier molecular flexibility index (Phi) is 6.18. The quantitative estimate of drug-likeness (QED) is 0.792. The summed E-state index contributed by atoms with van der Waals surface area (Å²) < 4.78 is 5.38. The molecule has 4 nitrogen and oxygen atoms in total. The molecule has 0 fully saturated rings. The van der Waals surface area contributed by atoms with Crippen LogP contribution >= 0.6 is 11.6 Å². The lowest BCUT2D eigenvalue weighted by atomic mass is 10.1. The molecule has 0 aromatic heterocycles. The molecular formula is C18H18ClNO3. The summed E-state index contributed by atoms with van der Waals surface area (Å²) in [4.78, 5) is 22.9. The maximum atomic E-state index is 11.7. The van der Waals surface area contributed by atoms with Gasteiger partial charge in [-0.25, -0.2) is 0 Å². The second kappa shape index (κ2) is 8.34. The summed E-state index contributed by atoms with van der Waals surface area (Å²) in [5.74, 6) is 0.359. The van der Waals surface area contributed by atoms with Gasteiger partial charge in [-0.2, -0.15) is 0 Å². The van der Waals surface area contributed by atoms with E-state index < -0.39 is 0 Å². The van der Waals surface area contributed by atoms with Gasteiger partial charge in [0.25, 0.3) is 5.91 Å². The summed E-state index contributed by atoms with van der Waals surface area (Å²) in [5, 5.41) is 3.48. The van der Waals surface area contributed by atoms with Crippen LogP contribution in [0.25, 0.3) is 0 Å². The first-order chi connectivity index (χ1) is 11.0. The highest BCUT2D eigenvalue weighted by atomic mass is 35.5. The number of Topliss-reactive ketones (excluding diaryl/α,β-unsaturated/α-hetero) is 1. The summed E-state index contributed by atoms with van der Waals surface area (Å²) in [6.07, 6.45) is 0.708. The number of rotatable bonds is 7. The Morgan fingerprint density at radius 3 is 2.52 bits per heavy atom. The first-order valence-electron chi connectivity index (χ1n) is 7.29. The Bertz CT molecular complexity index is 683. The molecule has 0 bridgehead atoms. The van der Waals surface area contributed by atoms with Gasteiger partial charge < -0.3 is 10.1 Å². The number of nitrogens with one attached hydrogen (secondary N) is 1. The average Bonchev–Trinajstić information content (AvgIpc) is 2.53. The van der Waals surface area contributed by atoms with E-state index in [4.69, 9.17) is 16.3 Å². The fraction of sp³-hybridized carbons (Fsp3) is 0.222. The molecule has 2 rings (SSSR count). The number of amides is 1. The molecule has 0 atom stereocenters. The van der Waals surface area contributed by atoms with E-state index in [2.05, 4.69) is 5.32 Å². The fourth-order valence-electron chi connectivity index (χ4n) is 2.02. The lowest BCUT2D eigenvalue weighted by Crippen LogP contribution is -2.30. The van der Waals surface area contributed by atoms with Gasteiger partial charge in [0, 0.05) is 17.1 Å². The monoisotopic (exact) mass is 331 g/mol. The van der Waals surface area contributed by atoms with E-state index in [-0.39, 0.29) is 18.3 Å². The molecule has 0 spiro atoms. The SMILES string of the molecule is CC(=O)c1ccc(OCC(=O)NCCc2cccc(Cl)c2)cc1. The van der Waals surface area contributed by atoms with E-state index >= 15 is 0 Å². The minimum absolute atomic E-state index is 0.00434. The van der Waals surface area contributed by atoms with Crippen LogP contribution in [0.3, 0.4) is 0 Å². The van der Waals surface area contributed by atoms with Gasteiger partial charge in [-0.15, -0.1) is 0 Å². The largest absolute Gasteiger partial charge is 0.484 e. The van der Waals surface area contributed by atoms with Crippen molar-refractivity contribution >= 4 is 23.3 Å². The summed E-state index contributed by atoms with van der Waals surface area (Å²) in [6.45, 7) is 1.96. The maximum Gasteiger partial charge on any atom is 0.257 e. The van der Waals surface area contributed by atoms with Crippen molar-refractivity contribution < 1.29 is 14.3 Å². The zero-order valence-corrected chi connectivity index (χ0v) is 13.6. The number of halogens is 1. The highest BCUT2D eigenvalue weighted by Crippen LogP contribution is 2.12. The van der Waals surface area contributed by atoms with Crippen molar-refractivity contribution in [3.63, 3.8) is 0 Å². The van der Waals surface area contributed by atoms with E-state index in [0.717, 1.165) is 5.56 Å². The molecule has 0 unspecified atom stereocenters. The van der Waals surface area contributed by atoms with E-state index in [1.807, 2.05) is 24.3 Å². The third kappa shape index (κ3) is 5.75. The van der Waals surface area contributed by atoms with Crippen LogP contribution in [0.5, 0.6) is 5.75 Å². The number of ether oxygens (including phenoxy) is 1. The average molecular weight is 332 g/mol. The second-order valence-corrected chi connectivity index (χ2v) is 5.54. The molecule has 0 heterocycles. The van der Waals surface area contributed by atoms with E-state index in [1.165, 1.54) is 6.92 Å². The van der Waals surface area contributed by atoms with Crippen molar-refractivity contribution in [1.82, 2.24) is 5.32 Å². The molecule has 1 N–H and O–H groups in total. The first-order valence-corrected chi connectivity index (χ1v) is 7.67. The molecule has 2 aromatic carbocycles. The molecule has 2 aromatic rings. The molecule has 120 valence electrons. The number of benzene rings is 2. The molecule has 0 aliphatic heterocycles. The van der Waals surface area contributed by atoms with Gasteiger partial charge in [0.2, 0.25) is 0 Å². The maximum absolute atomic E-state index is 11.7. The number of carbonyl (C=O) groups is 2. The summed E-state index contributed by atoms with van der Waals surface area (Å²) in [5.41, 5.74) is 1.68. The molecule has 1 amide bonds. The minimum atomic E-state index is -0.192. The minimum Gasteiger partial charge on any atom is -0.484 e. The van der Waals surface area contributed by atoms with Crippen LogP contribution in [0, 0.1) is 0 Å². The lowest BCUT2D eigenvalue weighted by Gasteiger charge is -2.08. The zero-order valence-electron chi connectivity index (χ0n) is 12.8. The van der Waals surface area contributed by atoms with Crippen LogP contribution in [0.2, 0.25) is 5.02 Å². The number of carbonyl (C=O) groups excluding carboxylic acids is 2. The predicted molar refractivity (Wildman–Crippen MR) is 90.1 cm³/mol. The molecule has 0 aliphatic rings. The molecule has 0 aliphatic carbocycles. The predicted octanol–water partition coefficient (Wildman–Crippen LogP) is 3.28. The van der Waals surface area contributed by atoms with Gasteiger partial charge in [0.1, 0.15) is 5.75 Å². The van der Waals surface area contributed by atoms with Crippen molar-refractivity contribution in [2.75, 3.05) is 13.2 Å². The van der Waals surface area contributed by atoms with Crippen molar-refractivity contribution in [3.8, 4) is 5.75 Å². The Morgan fingerprint density at radius 2 is 1.87 bits per heavy atom. The van der Waals surface area contributed by atoms with E-state index in [0.29, 0.717) is 29.3 Å². The van der Waals surface area contributed by atoms with Gasteiger partial charge in [-0.1, -0.05) is 23.7 Å². The summed E-state index contributed by atoms with van der Waals surface area (Å²) in [7, 11) is 0. The van der Waals surface area contributed by atoms with Crippen molar-refractivity contribution in [2.24, 2.45) is 0 Å². The highest BCUT2D eigenvalue weighted by molar-refractivity contribution is 6.30. The fourth-order valence-corrected chi connectivity index (χ4v) is 2.24. The second-order valence-electron chi connectivity index (χ2n) is 5.10. The molecular weight excluding hydrogens is 314 g/mol. The molecule has 23 heavy (non-hydrogen) atoms. The molecule has 5 heteroatoms. The smallest absolute Gasteiger partial charge is 0.257 e. The summed E-state index contributed by atoms with van der Waals surface area (Å²) in [6, 6.07) is 14.2. The molecule has 0 saturated heterocycles. The van der Waals surface area contributed by atoms with Crippen molar-refractivity contribution in [3.05, 3.63) is 64.7 Å². The highest BCUT2D eigenvalue weighted by Gasteiger charge is 2.04. The van der Waals surface area contributed by atoms with Gasteiger partial charge in [-0.3, -0.25) is 9.59 Å². The van der Waals surface area contributed by atoms with Crippen LogP contribution in [-0.4, -0.2) is 24.8 Å². The number of hydrogen-bond acceptors (Lipinski definition) is 3. The van der Waals surface area contributed by atoms with Gasteiger partial charge in [0.05, 0.1) is 0 Å². The zero-order chi connectivity index (χ0) is 16.7. The Labute approximate surface area is 140 Å². The molecule has 0 saturated carbocycles. The number of ketones is 1. The van der Waals surface area contributed by atoms with E-state index in [9.17, 15) is 9.59 Å². The number of hydrogen-bond donors (Lipinski definition) is 1. The first kappa shape index (κ1) is 17.0. The Balaban J connectivity index is 1.71. The third-order valence-corrected chi connectivity index (χ3v) is 3.49. The van der Waals surface area contributed by atoms with Crippen LogP contribution in [0.4, 0.5) is 0 Å². The topological polar surface area (TPSA) is 55.4 Å². The Morgan fingerprint density at radius 1 is 1.13 bits per heavy atom.